The molecule has 190 valence electrons. The zero-order valence-electron chi connectivity index (χ0n) is 24.0. The molecule has 0 saturated carbocycles. The molecule has 0 N–H and O–H groups in total. The van der Waals surface area contributed by atoms with Gasteiger partial charge < -0.3 is 0 Å². The Morgan fingerprint density at radius 2 is 1.00 bits per heavy atom. The first-order valence-corrected chi connectivity index (χ1v) is 14.0. The minimum Gasteiger partial charge on any atom is -0.0616 e. The van der Waals surface area contributed by atoms with Crippen molar-refractivity contribution in [3.8, 4) is 0 Å². The van der Waals surface area contributed by atoms with E-state index in [9.17, 15) is 0 Å². The Labute approximate surface area is 231 Å². The Hall–Kier alpha value is -4.16. The highest BCUT2D eigenvalue weighted by Crippen LogP contribution is 2.51. The first-order valence-electron chi connectivity index (χ1n) is 14.0. The van der Waals surface area contributed by atoms with E-state index in [0.29, 0.717) is 0 Å². The number of hydrogen-bond acceptors (Lipinski definition) is 0. The number of aryl methyl sites for hydroxylation is 7. The summed E-state index contributed by atoms with van der Waals surface area (Å²) in [6.45, 7) is 15.8. The van der Waals surface area contributed by atoms with E-state index in [1.54, 1.807) is 0 Å². The molecule has 2 aliphatic carbocycles. The molecule has 0 nitrogen and oxygen atoms in total. The Balaban J connectivity index is 1.79. The van der Waals surface area contributed by atoms with Gasteiger partial charge in [0.1, 0.15) is 0 Å². The van der Waals surface area contributed by atoms with Crippen molar-refractivity contribution < 1.29 is 0 Å². The fraction of sp³-hybridized carbons (Fsp3) is 0.179. The van der Waals surface area contributed by atoms with Crippen LogP contribution in [0.4, 0.5) is 0 Å². The summed E-state index contributed by atoms with van der Waals surface area (Å²) in [6, 6.07) is 30.1. The fourth-order valence-corrected chi connectivity index (χ4v) is 7.54. The SMILES string of the molecule is Cc1cc(C)c(C2=C3C(=c4ccc5ccccc5c4=C3c3c(C)cc(C)cc3C)c3ccc(C)cc32)c(C)c1. The molecule has 0 heteroatoms. The van der Waals surface area contributed by atoms with Crippen LogP contribution >= 0.6 is 0 Å². The maximum atomic E-state index is 2.41. The quantitative estimate of drug-likeness (QED) is 0.228. The number of allylic oxidation sites excluding steroid dienone is 1. The molecule has 0 radical (unpaired) electrons. The molecule has 0 unspecified atom stereocenters. The molecular formula is C39H34. The van der Waals surface area contributed by atoms with Gasteiger partial charge in [0.2, 0.25) is 0 Å². The molecule has 5 aromatic rings. The highest BCUT2D eigenvalue weighted by Gasteiger charge is 2.36. The van der Waals surface area contributed by atoms with Gasteiger partial charge in [0.15, 0.2) is 0 Å². The lowest BCUT2D eigenvalue weighted by atomic mass is 9.83. The van der Waals surface area contributed by atoms with E-state index in [2.05, 4.69) is 127 Å². The van der Waals surface area contributed by atoms with Gasteiger partial charge in [-0.2, -0.15) is 0 Å². The smallest absolute Gasteiger partial charge is 0.000120 e. The summed E-state index contributed by atoms with van der Waals surface area (Å²) in [6.07, 6.45) is 0. The fourth-order valence-electron chi connectivity index (χ4n) is 7.54. The monoisotopic (exact) mass is 502 g/mol. The Kier molecular flexibility index (Phi) is 5.16. The zero-order valence-corrected chi connectivity index (χ0v) is 24.0. The molecule has 0 bridgehead atoms. The third-order valence-corrected chi connectivity index (χ3v) is 8.77. The average Bonchev–Trinajstić information content (AvgIpc) is 3.36. The maximum absolute atomic E-state index is 2.41. The van der Waals surface area contributed by atoms with Crippen LogP contribution in [0.5, 0.6) is 0 Å². The summed E-state index contributed by atoms with van der Waals surface area (Å²) in [4.78, 5) is 0. The molecular weight excluding hydrogens is 468 g/mol. The van der Waals surface area contributed by atoms with Crippen LogP contribution in [0.15, 0.2) is 84.4 Å². The molecule has 0 aromatic heterocycles. The molecule has 0 fully saturated rings. The summed E-state index contributed by atoms with van der Waals surface area (Å²) >= 11 is 0. The number of hydrogen-bond donors (Lipinski definition) is 0. The van der Waals surface area contributed by atoms with Crippen LogP contribution in [0.1, 0.15) is 61.2 Å². The second-order valence-corrected chi connectivity index (χ2v) is 11.8. The van der Waals surface area contributed by atoms with Gasteiger partial charge in [-0.1, -0.05) is 95.6 Å². The third-order valence-electron chi connectivity index (χ3n) is 8.77. The van der Waals surface area contributed by atoms with E-state index >= 15 is 0 Å². The van der Waals surface area contributed by atoms with E-state index in [1.165, 1.54) is 105 Å². The summed E-state index contributed by atoms with van der Waals surface area (Å²) < 4.78 is 0. The van der Waals surface area contributed by atoms with Crippen molar-refractivity contribution in [1.82, 2.24) is 0 Å². The van der Waals surface area contributed by atoms with Crippen LogP contribution in [-0.2, 0) is 0 Å². The predicted molar refractivity (Wildman–Crippen MR) is 167 cm³/mol. The first kappa shape index (κ1) is 23.9. The summed E-state index contributed by atoms with van der Waals surface area (Å²) in [5, 5.41) is 5.38. The van der Waals surface area contributed by atoms with Crippen molar-refractivity contribution >= 4 is 27.5 Å². The highest BCUT2D eigenvalue weighted by molar-refractivity contribution is 6.19. The van der Waals surface area contributed by atoms with E-state index in [-0.39, 0.29) is 0 Å². The molecule has 7 rings (SSSR count). The van der Waals surface area contributed by atoms with Gasteiger partial charge in [0.25, 0.3) is 0 Å². The Morgan fingerprint density at radius 3 is 1.64 bits per heavy atom. The van der Waals surface area contributed by atoms with Crippen LogP contribution in [0.2, 0.25) is 0 Å². The van der Waals surface area contributed by atoms with Gasteiger partial charge in [0.05, 0.1) is 0 Å². The summed E-state index contributed by atoms with van der Waals surface area (Å²) in [5.41, 5.74) is 20.4. The van der Waals surface area contributed by atoms with E-state index in [0.717, 1.165) is 0 Å². The molecule has 5 aromatic carbocycles. The van der Waals surface area contributed by atoms with Crippen LogP contribution in [0.25, 0.3) is 27.5 Å². The topological polar surface area (TPSA) is 0 Å². The van der Waals surface area contributed by atoms with Crippen molar-refractivity contribution in [2.75, 3.05) is 0 Å². The van der Waals surface area contributed by atoms with Gasteiger partial charge in [-0.3, -0.25) is 0 Å². The van der Waals surface area contributed by atoms with Gasteiger partial charge in [-0.15, -0.1) is 0 Å². The summed E-state index contributed by atoms with van der Waals surface area (Å²) in [5.74, 6) is 0. The molecule has 0 spiro atoms. The lowest BCUT2D eigenvalue weighted by Gasteiger charge is -2.20. The van der Waals surface area contributed by atoms with Crippen molar-refractivity contribution in [2.24, 2.45) is 0 Å². The molecule has 2 aliphatic rings. The summed E-state index contributed by atoms with van der Waals surface area (Å²) in [7, 11) is 0. The van der Waals surface area contributed by atoms with E-state index in [1.807, 2.05) is 0 Å². The number of benzene rings is 5. The molecule has 0 heterocycles. The standard InChI is InChI=1S/C39H34/c1-21-12-14-30-32(20-21)37(33-24(4)16-22(2)17-25(33)5)39-36(30)31-15-13-28-10-8-9-11-29(28)35(31)38(39)34-26(6)18-23(3)19-27(34)7/h8-20H,1-7H3. The second-order valence-electron chi connectivity index (χ2n) is 11.8. The van der Waals surface area contributed by atoms with Gasteiger partial charge in [-0.05, 0) is 136 Å². The molecule has 0 aliphatic heterocycles. The third kappa shape index (κ3) is 3.37. The predicted octanol–water partition coefficient (Wildman–Crippen LogP) is 8.23. The minimum absolute atomic E-state index is 1.30. The van der Waals surface area contributed by atoms with Gasteiger partial charge >= 0.3 is 0 Å². The first-order chi connectivity index (χ1) is 18.7. The van der Waals surface area contributed by atoms with Crippen molar-refractivity contribution in [3.63, 3.8) is 0 Å². The van der Waals surface area contributed by atoms with Gasteiger partial charge in [0, 0.05) is 0 Å². The van der Waals surface area contributed by atoms with Crippen LogP contribution in [0, 0.1) is 48.5 Å². The zero-order chi connectivity index (χ0) is 27.2. The van der Waals surface area contributed by atoms with Crippen LogP contribution in [0.3, 0.4) is 0 Å². The van der Waals surface area contributed by atoms with Crippen LogP contribution < -0.4 is 10.4 Å². The highest BCUT2D eigenvalue weighted by atomic mass is 14.4. The van der Waals surface area contributed by atoms with Gasteiger partial charge in [-0.25, -0.2) is 0 Å². The molecule has 39 heavy (non-hydrogen) atoms. The van der Waals surface area contributed by atoms with Crippen molar-refractivity contribution in [1.29, 1.82) is 0 Å². The largest absolute Gasteiger partial charge is 0.0616 e. The molecule has 0 atom stereocenters. The average molecular weight is 503 g/mol. The second kappa shape index (κ2) is 8.42. The maximum Gasteiger partial charge on any atom is -0.000120 e. The minimum atomic E-state index is 1.30. The molecule has 0 saturated heterocycles. The normalized spacial score (nSPS) is 13.8. The van der Waals surface area contributed by atoms with Crippen molar-refractivity contribution in [2.45, 2.75) is 48.5 Å². The number of rotatable bonds is 2. The molecule has 0 amide bonds. The lowest BCUT2D eigenvalue weighted by molar-refractivity contribution is 1.28. The lowest BCUT2D eigenvalue weighted by Crippen LogP contribution is -2.26. The van der Waals surface area contributed by atoms with Crippen LogP contribution in [-0.4, -0.2) is 0 Å². The van der Waals surface area contributed by atoms with E-state index < -0.39 is 0 Å². The Bertz CT molecular complexity index is 2010. The van der Waals surface area contributed by atoms with Crippen molar-refractivity contribution in [3.05, 3.63) is 156 Å². The Morgan fingerprint density at radius 1 is 0.410 bits per heavy atom. The van der Waals surface area contributed by atoms with E-state index in [4.69, 9.17) is 0 Å². The number of fused-ring (bicyclic) bond motifs is 6.